The molecule has 2 rings (SSSR count). The lowest BCUT2D eigenvalue weighted by atomic mass is 10.1. The average molecular weight is 373 g/mol. The fourth-order valence-corrected chi connectivity index (χ4v) is 3.40. The van der Waals surface area contributed by atoms with Crippen molar-refractivity contribution in [2.75, 3.05) is 13.2 Å². The number of hydrogen-bond acceptors (Lipinski definition) is 4. The summed E-state index contributed by atoms with van der Waals surface area (Å²) >= 11 is 0. The van der Waals surface area contributed by atoms with Crippen molar-refractivity contribution in [3.05, 3.63) is 29.8 Å². The van der Waals surface area contributed by atoms with E-state index >= 15 is 0 Å². The lowest BCUT2D eigenvalue weighted by Gasteiger charge is -2.05. The van der Waals surface area contributed by atoms with Crippen molar-refractivity contribution in [3.63, 3.8) is 0 Å². The Morgan fingerprint density at radius 1 is 1.00 bits per heavy atom. The molecule has 0 aliphatic heterocycles. The zero-order chi connectivity index (χ0) is 19.6. The molecular formula is C22H31NO4. The van der Waals surface area contributed by atoms with Crippen molar-refractivity contribution >= 4 is 22.6 Å². The number of aromatic hydroxyl groups is 1. The number of ketones is 1. The predicted octanol–water partition coefficient (Wildman–Crippen LogP) is 5.35. The van der Waals surface area contributed by atoms with Crippen LogP contribution in [0.15, 0.2) is 24.3 Å². The van der Waals surface area contributed by atoms with Crippen LogP contribution < -0.4 is 0 Å². The molecule has 1 N–H and O–H groups in total. The molecule has 0 saturated carbocycles. The topological polar surface area (TPSA) is 68.5 Å². The maximum atomic E-state index is 12.5. The van der Waals surface area contributed by atoms with E-state index in [1.807, 2.05) is 0 Å². The first-order valence-electron chi connectivity index (χ1n) is 10.0. The van der Waals surface area contributed by atoms with E-state index in [-0.39, 0.29) is 29.7 Å². The molecule has 5 heteroatoms. The number of carbonyl (C=O) groups excluding carboxylic acids is 2. The number of aromatic nitrogens is 1. The molecule has 0 aliphatic carbocycles. The SMILES string of the molecule is CCCCCCCCCCOCC(=O)c1c(O)n(C(C)=O)c2ccccc12. The fraction of sp³-hybridized carbons (Fsp3) is 0.545. The van der Waals surface area contributed by atoms with Crippen LogP contribution in [-0.2, 0) is 4.74 Å². The monoisotopic (exact) mass is 373 g/mol. The zero-order valence-electron chi connectivity index (χ0n) is 16.5. The highest BCUT2D eigenvalue weighted by Gasteiger charge is 2.23. The Hall–Kier alpha value is -2.14. The smallest absolute Gasteiger partial charge is 0.230 e. The highest BCUT2D eigenvalue weighted by atomic mass is 16.5. The molecule has 0 bridgehead atoms. The van der Waals surface area contributed by atoms with Crippen molar-refractivity contribution in [1.29, 1.82) is 0 Å². The van der Waals surface area contributed by atoms with Crippen LogP contribution in [0.2, 0.25) is 0 Å². The molecule has 0 amide bonds. The largest absolute Gasteiger partial charge is 0.494 e. The molecule has 2 aromatic rings. The third-order valence-electron chi connectivity index (χ3n) is 4.82. The number of para-hydroxylation sites is 1. The minimum Gasteiger partial charge on any atom is -0.494 e. The van der Waals surface area contributed by atoms with Gasteiger partial charge in [-0.25, -0.2) is 0 Å². The molecule has 0 saturated heterocycles. The first-order valence-corrected chi connectivity index (χ1v) is 10.0. The number of ether oxygens (including phenoxy) is 1. The summed E-state index contributed by atoms with van der Waals surface area (Å²) in [6.07, 6.45) is 9.70. The van der Waals surface area contributed by atoms with Gasteiger partial charge < -0.3 is 9.84 Å². The summed E-state index contributed by atoms with van der Waals surface area (Å²) in [6, 6.07) is 7.01. The summed E-state index contributed by atoms with van der Waals surface area (Å²) in [5, 5.41) is 11.0. The second-order valence-electron chi connectivity index (χ2n) is 7.02. The van der Waals surface area contributed by atoms with Gasteiger partial charge in [0.2, 0.25) is 11.8 Å². The third-order valence-corrected chi connectivity index (χ3v) is 4.82. The lowest BCUT2D eigenvalue weighted by Crippen LogP contribution is -2.11. The minimum atomic E-state index is -0.331. The van der Waals surface area contributed by atoms with Gasteiger partial charge in [0.25, 0.3) is 0 Å². The minimum absolute atomic E-state index is 0.0873. The molecule has 27 heavy (non-hydrogen) atoms. The van der Waals surface area contributed by atoms with Crippen LogP contribution in [0, 0.1) is 0 Å². The summed E-state index contributed by atoms with van der Waals surface area (Å²) in [4.78, 5) is 24.4. The van der Waals surface area contributed by atoms with Gasteiger partial charge in [-0.2, -0.15) is 0 Å². The zero-order valence-corrected chi connectivity index (χ0v) is 16.5. The molecule has 5 nitrogen and oxygen atoms in total. The van der Waals surface area contributed by atoms with E-state index in [9.17, 15) is 14.7 Å². The van der Waals surface area contributed by atoms with Gasteiger partial charge in [-0.15, -0.1) is 0 Å². The van der Waals surface area contributed by atoms with E-state index in [1.54, 1.807) is 24.3 Å². The third kappa shape index (κ3) is 5.67. The Morgan fingerprint density at radius 3 is 2.30 bits per heavy atom. The van der Waals surface area contributed by atoms with Crippen LogP contribution in [0.5, 0.6) is 5.88 Å². The number of fused-ring (bicyclic) bond motifs is 1. The van der Waals surface area contributed by atoms with Crippen LogP contribution in [-0.4, -0.2) is 34.6 Å². The van der Waals surface area contributed by atoms with E-state index in [0.29, 0.717) is 17.5 Å². The number of nitrogens with zero attached hydrogens (tertiary/aromatic N) is 1. The molecule has 0 unspecified atom stereocenters. The number of unbranched alkanes of at least 4 members (excludes halogenated alkanes) is 7. The molecule has 1 heterocycles. The Kier molecular flexibility index (Phi) is 8.52. The molecule has 0 radical (unpaired) electrons. The van der Waals surface area contributed by atoms with Gasteiger partial charge in [-0.3, -0.25) is 14.2 Å². The van der Waals surface area contributed by atoms with Gasteiger partial charge in [-0.1, -0.05) is 70.1 Å². The highest BCUT2D eigenvalue weighted by Crippen LogP contribution is 2.31. The van der Waals surface area contributed by atoms with Crippen LogP contribution in [0.3, 0.4) is 0 Å². The molecule has 1 aromatic carbocycles. The maximum Gasteiger partial charge on any atom is 0.230 e. The Bertz CT molecular complexity index is 763. The standard InChI is InChI=1S/C22H31NO4/c1-3-4-5-6-7-8-9-12-15-27-16-20(25)21-18-13-10-11-14-19(18)23(17(2)24)22(21)26/h10-11,13-14,26H,3-9,12,15-16H2,1-2H3. The van der Waals surface area contributed by atoms with Crippen LogP contribution in [0.1, 0.15) is 80.4 Å². The normalized spacial score (nSPS) is 11.2. The van der Waals surface area contributed by atoms with Crippen molar-refractivity contribution in [3.8, 4) is 5.88 Å². The van der Waals surface area contributed by atoms with Gasteiger partial charge in [-0.05, 0) is 12.5 Å². The van der Waals surface area contributed by atoms with Gasteiger partial charge in [0, 0.05) is 18.9 Å². The summed E-state index contributed by atoms with van der Waals surface area (Å²) in [6.45, 7) is 4.03. The molecule has 0 atom stereocenters. The molecule has 148 valence electrons. The van der Waals surface area contributed by atoms with E-state index < -0.39 is 0 Å². The second-order valence-corrected chi connectivity index (χ2v) is 7.02. The Balaban J connectivity index is 1.82. The predicted molar refractivity (Wildman–Crippen MR) is 108 cm³/mol. The van der Waals surface area contributed by atoms with Crippen molar-refractivity contribution in [2.45, 2.75) is 65.2 Å². The second kappa shape index (κ2) is 10.9. The molecule has 0 spiro atoms. The van der Waals surface area contributed by atoms with Gasteiger partial charge in [0.1, 0.15) is 6.61 Å². The first kappa shape index (κ1) is 21.2. The molecule has 0 aliphatic rings. The molecule has 1 aromatic heterocycles. The number of carbonyl (C=O) groups is 2. The van der Waals surface area contributed by atoms with E-state index in [2.05, 4.69) is 6.92 Å². The summed E-state index contributed by atoms with van der Waals surface area (Å²) in [7, 11) is 0. The van der Waals surface area contributed by atoms with Crippen molar-refractivity contribution in [1.82, 2.24) is 4.57 Å². The summed E-state index contributed by atoms with van der Waals surface area (Å²) in [5.41, 5.74) is 0.700. The number of Topliss-reactive ketones (excluding diaryl/α,β-unsaturated/α-hetero) is 1. The van der Waals surface area contributed by atoms with E-state index in [4.69, 9.17) is 4.74 Å². The first-order chi connectivity index (χ1) is 13.1. The maximum absolute atomic E-state index is 12.5. The highest BCUT2D eigenvalue weighted by molar-refractivity contribution is 6.13. The van der Waals surface area contributed by atoms with Gasteiger partial charge in [0.15, 0.2) is 5.78 Å². The molecule has 0 fully saturated rings. The van der Waals surface area contributed by atoms with Crippen molar-refractivity contribution in [2.24, 2.45) is 0 Å². The van der Waals surface area contributed by atoms with E-state index in [0.717, 1.165) is 12.8 Å². The van der Waals surface area contributed by atoms with Crippen LogP contribution in [0.4, 0.5) is 0 Å². The van der Waals surface area contributed by atoms with Crippen LogP contribution >= 0.6 is 0 Å². The lowest BCUT2D eigenvalue weighted by molar-refractivity contribution is 0.0751. The van der Waals surface area contributed by atoms with Gasteiger partial charge in [0.05, 0.1) is 11.1 Å². The molecular weight excluding hydrogens is 342 g/mol. The summed E-state index contributed by atoms with van der Waals surface area (Å²) in [5.74, 6) is -0.935. The quantitative estimate of drug-likeness (QED) is 0.402. The summed E-state index contributed by atoms with van der Waals surface area (Å²) < 4.78 is 6.68. The fourth-order valence-electron chi connectivity index (χ4n) is 3.40. The Morgan fingerprint density at radius 2 is 1.63 bits per heavy atom. The number of hydrogen-bond donors (Lipinski definition) is 1. The van der Waals surface area contributed by atoms with Crippen LogP contribution in [0.25, 0.3) is 10.9 Å². The van der Waals surface area contributed by atoms with Crippen molar-refractivity contribution < 1.29 is 19.4 Å². The average Bonchev–Trinajstić information content (AvgIpc) is 2.95. The van der Waals surface area contributed by atoms with E-state index in [1.165, 1.54) is 50.0 Å². The number of rotatable bonds is 12. The number of benzene rings is 1. The Labute approximate surface area is 161 Å². The van der Waals surface area contributed by atoms with Gasteiger partial charge >= 0.3 is 0 Å².